The van der Waals surface area contributed by atoms with Crippen molar-refractivity contribution in [3.8, 4) is 11.5 Å². The normalized spacial score (nSPS) is 10.9. The molecule has 0 aliphatic rings. The highest BCUT2D eigenvalue weighted by atomic mass is 19.1. The van der Waals surface area contributed by atoms with E-state index in [1.54, 1.807) is 24.3 Å². The molecule has 1 N–H and O–H groups in total. The molecule has 3 rings (SSSR count). The van der Waals surface area contributed by atoms with Crippen LogP contribution in [0, 0.1) is 5.82 Å². The number of rotatable bonds is 3. The standard InChI is InChI=1S/C16H14FNO2/c1-18-9-11(14-6-3-7-15(19)16(14)18)10-20-13-5-2-4-12(17)8-13/h2-9,19H,10H2,1H3. The predicted octanol–water partition coefficient (Wildman–Crippen LogP) is 3.60. The summed E-state index contributed by atoms with van der Waals surface area (Å²) in [7, 11) is 1.87. The molecule has 1 aromatic heterocycles. The van der Waals surface area contributed by atoms with Gasteiger partial charge in [0.15, 0.2) is 0 Å². The van der Waals surface area contributed by atoms with Gasteiger partial charge in [0.2, 0.25) is 0 Å². The molecule has 0 radical (unpaired) electrons. The number of ether oxygens (including phenoxy) is 1. The van der Waals surface area contributed by atoms with Gasteiger partial charge in [0.05, 0.1) is 5.52 Å². The number of aryl methyl sites for hydroxylation is 1. The lowest BCUT2D eigenvalue weighted by Crippen LogP contribution is -1.94. The van der Waals surface area contributed by atoms with E-state index in [1.165, 1.54) is 12.1 Å². The maximum absolute atomic E-state index is 13.1. The van der Waals surface area contributed by atoms with E-state index in [0.29, 0.717) is 12.4 Å². The fourth-order valence-electron chi connectivity index (χ4n) is 2.36. The Kier molecular flexibility index (Phi) is 3.06. The SMILES string of the molecule is Cn1cc(COc2cccc(F)c2)c2cccc(O)c21. The van der Waals surface area contributed by atoms with Gasteiger partial charge in [-0.05, 0) is 18.2 Å². The zero-order chi connectivity index (χ0) is 14.1. The molecule has 1 heterocycles. The summed E-state index contributed by atoms with van der Waals surface area (Å²) in [6, 6.07) is 11.4. The number of hydrogen-bond donors (Lipinski definition) is 1. The molecule has 0 bridgehead atoms. The molecule has 3 nitrogen and oxygen atoms in total. The highest BCUT2D eigenvalue weighted by molar-refractivity contribution is 5.88. The number of aromatic nitrogens is 1. The number of fused-ring (bicyclic) bond motifs is 1. The Labute approximate surface area is 115 Å². The zero-order valence-corrected chi connectivity index (χ0v) is 11.0. The molecule has 0 aliphatic heterocycles. The van der Waals surface area contributed by atoms with Gasteiger partial charge >= 0.3 is 0 Å². The van der Waals surface area contributed by atoms with Gasteiger partial charge in [-0.25, -0.2) is 4.39 Å². The van der Waals surface area contributed by atoms with Gasteiger partial charge in [-0.1, -0.05) is 18.2 Å². The van der Waals surface area contributed by atoms with Crippen molar-refractivity contribution < 1.29 is 14.2 Å². The second-order valence-corrected chi connectivity index (χ2v) is 4.68. The van der Waals surface area contributed by atoms with Crippen molar-refractivity contribution in [1.29, 1.82) is 0 Å². The fraction of sp³-hybridized carbons (Fsp3) is 0.125. The summed E-state index contributed by atoms with van der Waals surface area (Å²) in [5, 5.41) is 10.8. The monoisotopic (exact) mass is 271 g/mol. The van der Waals surface area contributed by atoms with Gasteiger partial charge < -0.3 is 14.4 Å². The van der Waals surface area contributed by atoms with E-state index >= 15 is 0 Å². The highest BCUT2D eigenvalue weighted by Gasteiger charge is 2.10. The molecular formula is C16H14FNO2. The van der Waals surface area contributed by atoms with Crippen molar-refractivity contribution in [1.82, 2.24) is 4.57 Å². The summed E-state index contributed by atoms with van der Waals surface area (Å²) in [4.78, 5) is 0. The molecule has 0 spiro atoms. The van der Waals surface area contributed by atoms with Crippen LogP contribution in [0.4, 0.5) is 4.39 Å². The first-order valence-electron chi connectivity index (χ1n) is 6.29. The third-order valence-corrected chi connectivity index (χ3v) is 3.25. The number of halogens is 1. The van der Waals surface area contributed by atoms with Crippen LogP contribution in [-0.4, -0.2) is 9.67 Å². The number of nitrogens with zero attached hydrogens (tertiary/aromatic N) is 1. The summed E-state index contributed by atoms with van der Waals surface area (Å²) in [6.45, 7) is 0.324. The lowest BCUT2D eigenvalue weighted by atomic mass is 10.2. The topological polar surface area (TPSA) is 34.4 Å². The minimum absolute atomic E-state index is 0.238. The van der Waals surface area contributed by atoms with Gasteiger partial charge in [-0.2, -0.15) is 0 Å². The van der Waals surface area contributed by atoms with Gasteiger partial charge in [0.25, 0.3) is 0 Å². The summed E-state index contributed by atoms with van der Waals surface area (Å²) >= 11 is 0. The predicted molar refractivity (Wildman–Crippen MR) is 75.3 cm³/mol. The summed E-state index contributed by atoms with van der Waals surface area (Å²) in [5.74, 6) is 0.405. The molecule has 102 valence electrons. The van der Waals surface area contributed by atoms with E-state index in [-0.39, 0.29) is 11.6 Å². The van der Waals surface area contributed by atoms with Gasteiger partial charge in [0, 0.05) is 30.3 Å². The first-order chi connectivity index (χ1) is 9.65. The van der Waals surface area contributed by atoms with E-state index in [0.717, 1.165) is 16.5 Å². The van der Waals surface area contributed by atoms with Crippen LogP contribution in [0.1, 0.15) is 5.56 Å². The largest absolute Gasteiger partial charge is 0.506 e. The van der Waals surface area contributed by atoms with Crippen molar-refractivity contribution in [3.63, 3.8) is 0 Å². The Morgan fingerprint density at radius 2 is 2.00 bits per heavy atom. The Bertz CT molecular complexity index is 764. The van der Waals surface area contributed by atoms with Gasteiger partial charge in [0.1, 0.15) is 23.9 Å². The van der Waals surface area contributed by atoms with Crippen LogP contribution < -0.4 is 4.74 Å². The summed E-state index contributed by atoms with van der Waals surface area (Å²) in [5.41, 5.74) is 1.72. The van der Waals surface area contributed by atoms with E-state index in [4.69, 9.17) is 4.74 Å². The summed E-state index contributed by atoms with van der Waals surface area (Å²) < 4.78 is 20.5. The number of benzene rings is 2. The molecule has 0 atom stereocenters. The van der Waals surface area contributed by atoms with Crippen molar-refractivity contribution in [2.24, 2.45) is 7.05 Å². The Balaban J connectivity index is 1.90. The molecule has 0 aliphatic carbocycles. The number of para-hydroxylation sites is 1. The third-order valence-electron chi connectivity index (χ3n) is 3.25. The van der Waals surface area contributed by atoms with Crippen LogP contribution in [0.15, 0.2) is 48.7 Å². The maximum Gasteiger partial charge on any atom is 0.139 e. The van der Waals surface area contributed by atoms with Crippen molar-refractivity contribution in [2.45, 2.75) is 6.61 Å². The Morgan fingerprint density at radius 3 is 2.80 bits per heavy atom. The average Bonchev–Trinajstić information content (AvgIpc) is 2.75. The van der Waals surface area contributed by atoms with Crippen LogP contribution in [0.2, 0.25) is 0 Å². The molecular weight excluding hydrogens is 257 g/mol. The van der Waals surface area contributed by atoms with Crippen molar-refractivity contribution >= 4 is 10.9 Å². The molecule has 0 saturated heterocycles. The molecule has 0 fully saturated rings. The maximum atomic E-state index is 13.1. The number of hydrogen-bond acceptors (Lipinski definition) is 2. The minimum Gasteiger partial charge on any atom is -0.506 e. The number of phenols is 1. The third kappa shape index (κ3) is 2.20. The van der Waals surface area contributed by atoms with Crippen molar-refractivity contribution in [2.75, 3.05) is 0 Å². The van der Waals surface area contributed by atoms with Gasteiger partial charge in [-0.15, -0.1) is 0 Å². The Hall–Kier alpha value is -2.49. The van der Waals surface area contributed by atoms with Crippen LogP contribution in [0.3, 0.4) is 0 Å². The fourth-order valence-corrected chi connectivity index (χ4v) is 2.36. The summed E-state index contributed by atoms with van der Waals surface area (Å²) in [6.07, 6.45) is 1.91. The van der Waals surface area contributed by atoms with E-state index in [1.807, 2.05) is 23.9 Å². The van der Waals surface area contributed by atoms with E-state index < -0.39 is 0 Å². The lowest BCUT2D eigenvalue weighted by molar-refractivity contribution is 0.306. The smallest absolute Gasteiger partial charge is 0.139 e. The molecule has 2 aromatic carbocycles. The average molecular weight is 271 g/mol. The first-order valence-corrected chi connectivity index (χ1v) is 6.29. The van der Waals surface area contributed by atoms with Crippen LogP contribution in [-0.2, 0) is 13.7 Å². The number of aromatic hydroxyl groups is 1. The second-order valence-electron chi connectivity index (χ2n) is 4.68. The molecule has 3 aromatic rings. The minimum atomic E-state index is -0.321. The van der Waals surface area contributed by atoms with Crippen LogP contribution in [0.25, 0.3) is 10.9 Å². The van der Waals surface area contributed by atoms with Crippen LogP contribution in [0.5, 0.6) is 11.5 Å². The zero-order valence-electron chi connectivity index (χ0n) is 11.0. The lowest BCUT2D eigenvalue weighted by Gasteiger charge is -2.05. The Morgan fingerprint density at radius 1 is 1.20 bits per heavy atom. The van der Waals surface area contributed by atoms with E-state index in [9.17, 15) is 9.50 Å². The second kappa shape index (κ2) is 4.89. The highest BCUT2D eigenvalue weighted by Crippen LogP contribution is 2.29. The quantitative estimate of drug-likeness (QED) is 0.789. The molecule has 0 unspecified atom stereocenters. The van der Waals surface area contributed by atoms with E-state index in [2.05, 4.69) is 0 Å². The van der Waals surface area contributed by atoms with Gasteiger partial charge in [-0.3, -0.25) is 0 Å². The molecule has 0 saturated carbocycles. The molecule has 4 heteroatoms. The molecule has 20 heavy (non-hydrogen) atoms. The number of phenolic OH excluding ortho intramolecular Hbond substituents is 1. The van der Waals surface area contributed by atoms with Crippen molar-refractivity contribution in [3.05, 3.63) is 60.0 Å². The molecule has 0 amide bonds. The first kappa shape index (κ1) is 12.5. The van der Waals surface area contributed by atoms with Crippen LogP contribution >= 0.6 is 0 Å².